The molecule has 1 amide bonds. The number of anilines is 1. The third-order valence-corrected chi connectivity index (χ3v) is 6.93. The highest BCUT2D eigenvalue weighted by Crippen LogP contribution is 2.40. The van der Waals surface area contributed by atoms with E-state index in [-0.39, 0.29) is 18.8 Å². The van der Waals surface area contributed by atoms with Crippen molar-refractivity contribution in [1.29, 1.82) is 0 Å². The molecule has 0 unspecified atom stereocenters. The Balaban J connectivity index is 1.55. The molecule has 1 fully saturated rings. The van der Waals surface area contributed by atoms with Crippen LogP contribution in [0.25, 0.3) is 0 Å². The minimum atomic E-state index is -2.09. The zero-order chi connectivity index (χ0) is 25.0. The minimum absolute atomic E-state index is 0.0325. The summed E-state index contributed by atoms with van der Waals surface area (Å²) in [4.78, 5) is 12.1. The average molecular weight is 559 g/mol. The number of aryl methyl sites for hydroxylation is 1. The molecule has 0 bridgehead atoms. The molecule has 3 aromatic rings. The summed E-state index contributed by atoms with van der Waals surface area (Å²) in [5, 5.41) is 24.2. The predicted octanol–water partition coefficient (Wildman–Crippen LogP) is 4.35. The maximum Gasteiger partial charge on any atom is 0.276 e. The Kier molecular flexibility index (Phi) is 8.54. The number of ether oxygens (including phenoxy) is 2. The standard InChI is InChI=1S/C22H22Cl3N5O4S/c1-30-21(27-28-29-30)35-12-17-10-18(14-7-5-13(11-31)6-8-14)34-19(33-17)15-3-2-4-16(9-15)26-20(32)22(23,24)25/h2-9,17-19,31H,10-12H2,1H3,(H,26,32)/t17-,18+,19+/m1/s1. The number of aromatic nitrogens is 4. The molecule has 0 radical (unpaired) electrons. The van der Waals surface area contributed by atoms with E-state index < -0.39 is 16.0 Å². The van der Waals surface area contributed by atoms with Gasteiger partial charge in [0, 0.05) is 30.5 Å². The molecule has 1 saturated heterocycles. The van der Waals surface area contributed by atoms with Crippen molar-refractivity contribution in [2.75, 3.05) is 11.1 Å². The first-order valence-corrected chi connectivity index (χ1v) is 12.7. The van der Waals surface area contributed by atoms with Crippen molar-refractivity contribution in [3.05, 3.63) is 65.2 Å². The summed E-state index contributed by atoms with van der Waals surface area (Å²) in [5.74, 6) is -0.165. The molecule has 0 saturated carbocycles. The molecular weight excluding hydrogens is 537 g/mol. The molecule has 2 N–H and O–H groups in total. The van der Waals surface area contributed by atoms with Crippen molar-refractivity contribution in [2.24, 2.45) is 7.05 Å². The van der Waals surface area contributed by atoms with E-state index in [9.17, 15) is 9.90 Å². The maximum atomic E-state index is 12.1. The molecule has 13 heteroatoms. The number of aliphatic hydroxyl groups is 1. The number of benzene rings is 2. The van der Waals surface area contributed by atoms with Crippen LogP contribution in [0.2, 0.25) is 0 Å². The molecule has 35 heavy (non-hydrogen) atoms. The number of hydrogen-bond donors (Lipinski definition) is 2. The van der Waals surface area contributed by atoms with Gasteiger partial charge < -0.3 is 19.9 Å². The van der Waals surface area contributed by atoms with E-state index in [2.05, 4.69) is 20.8 Å². The number of halogens is 3. The van der Waals surface area contributed by atoms with Crippen molar-refractivity contribution in [1.82, 2.24) is 20.2 Å². The van der Waals surface area contributed by atoms with Gasteiger partial charge in [0.25, 0.3) is 9.70 Å². The van der Waals surface area contributed by atoms with Gasteiger partial charge in [-0.2, -0.15) is 0 Å². The van der Waals surface area contributed by atoms with Crippen LogP contribution in [0.3, 0.4) is 0 Å². The average Bonchev–Trinajstić information content (AvgIpc) is 3.26. The van der Waals surface area contributed by atoms with Gasteiger partial charge in [0.15, 0.2) is 6.29 Å². The second-order valence-corrected chi connectivity index (χ2v) is 11.1. The number of carbonyl (C=O) groups excluding carboxylic acids is 1. The zero-order valence-electron chi connectivity index (χ0n) is 18.5. The quantitative estimate of drug-likeness (QED) is 0.325. The number of alkyl halides is 3. The van der Waals surface area contributed by atoms with Crippen LogP contribution < -0.4 is 5.32 Å². The van der Waals surface area contributed by atoms with E-state index in [0.717, 1.165) is 11.1 Å². The lowest BCUT2D eigenvalue weighted by molar-refractivity contribution is -0.245. The predicted molar refractivity (Wildman–Crippen MR) is 133 cm³/mol. The van der Waals surface area contributed by atoms with Crippen LogP contribution in [-0.2, 0) is 27.9 Å². The summed E-state index contributed by atoms with van der Waals surface area (Å²) >= 11 is 18.5. The Morgan fingerprint density at radius 3 is 2.63 bits per heavy atom. The Hall–Kier alpha value is -1.92. The molecule has 4 rings (SSSR count). The number of hydrogen-bond acceptors (Lipinski definition) is 8. The van der Waals surface area contributed by atoms with Crippen LogP contribution in [0.1, 0.15) is 35.5 Å². The number of nitrogens with zero attached hydrogens (tertiary/aromatic N) is 4. The van der Waals surface area contributed by atoms with Gasteiger partial charge in [-0.3, -0.25) is 4.79 Å². The molecule has 2 heterocycles. The highest BCUT2D eigenvalue weighted by atomic mass is 35.6. The van der Waals surface area contributed by atoms with Crippen LogP contribution in [0, 0.1) is 0 Å². The van der Waals surface area contributed by atoms with E-state index in [0.29, 0.717) is 28.6 Å². The van der Waals surface area contributed by atoms with Crippen LogP contribution in [0.15, 0.2) is 53.7 Å². The first-order valence-electron chi connectivity index (χ1n) is 10.6. The Morgan fingerprint density at radius 2 is 1.97 bits per heavy atom. The molecule has 186 valence electrons. The highest BCUT2D eigenvalue weighted by molar-refractivity contribution is 7.99. The molecule has 1 aromatic heterocycles. The first-order chi connectivity index (χ1) is 16.7. The third kappa shape index (κ3) is 6.85. The van der Waals surface area contributed by atoms with Gasteiger partial charge in [-0.1, -0.05) is 83.0 Å². The van der Waals surface area contributed by atoms with Gasteiger partial charge in [0.05, 0.1) is 18.8 Å². The van der Waals surface area contributed by atoms with Gasteiger partial charge in [0.1, 0.15) is 0 Å². The molecule has 0 aliphatic carbocycles. The number of carbonyl (C=O) groups is 1. The summed E-state index contributed by atoms with van der Waals surface area (Å²) in [6, 6.07) is 14.6. The highest BCUT2D eigenvalue weighted by Gasteiger charge is 2.33. The number of thioether (sulfide) groups is 1. The maximum absolute atomic E-state index is 12.1. The van der Waals surface area contributed by atoms with Crippen LogP contribution in [-0.4, -0.2) is 46.9 Å². The summed E-state index contributed by atoms with van der Waals surface area (Å²) < 4.78 is 12.1. The SMILES string of the molecule is Cn1nnnc1SC[C@H]1C[C@@H](c2ccc(CO)cc2)O[C@@H](c2cccc(NC(=O)C(Cl)(Cl)Cl)c2)O1. The van der Waals surface area contributed by atoms with Crippen molar-refractivity contribution in [3.63, 3.8) is 0 Å². The van der Waals surface area contributed by atoms with Gasteiger partial charge in [-0.15, -0.1) is 5.10 Å². The second-order valence-electron chi connectivity index (χ2n) is 7.82. The molecule has 9 nitrogen and oxygen atoms in total. The fourth-order valence-corrected chi connectivity index (χ4v) is 4.51. The topological polar surface area (TPSA) is 111 Å². The van der Waals surface area contributed by atoms with Crippen molar-refractivity contribution in [3.8, 4) is 0 Å². The molecule has 1 aliphatic rings. The first kappa shape index (κ1) is 26.2. The van der Waals surface area contributed by atoms with Crippen molar-refractivity contribution < 1.29 is 19.4 Å². The normalized spacial score (nSPS) is 20.5. The lowest BCUT2D eigenvalue weighted by Crippen LogP contribution is -2.31. The van der Waals surface area contributed by atoms with Crippen molar-refractivity contribution >= 4 is 58.2 Å². The van der Waals surface area contributed by atoms with Crippen LogP contribution in [0.5, 0.6) is 0 Å². The molecule has 0 spiro atoms. The molecular formula is C22H22Cl3N5O4S. The van der Waals surface area contributed by atoms with E-state index in [1.54, 1.807) is 29.9 Å². The fourth-order valence-electron chi connectivity index (χ4n) is 3.50. The molecule has 1 aliphatic heterocycles. The molecule has 3 atom stereocenters. The van der Waals surface area contributed by atoms with E-state index in [1.807, 2.05) is 30.3 Å². The van der Waals surface area contributed by atoms with E-state index >= 15 is 0 Å². The molecule has 2 aromatic carbocycles. The summed E-state index contributed by atoms with van der Waals surface area (Å²) in [6.07, 6.45) is -0.544. The largest absolute Gasteiger partial charge is 0.392 e. The Labute approximate surface area is 221 Å². The van der Waals surface area contributed by atoms with Gasteiger partial charge in [-0.05, 0) is 33.7 Å². The minimum Gasteiger partial charge on any atom is -0.392 e. The number of aliphatic hydroxyl groups excluding tert-OH is 1. The summed E-state index contributed by atoms with van der Waals surface area (Å²) in [7, 11) is 1.78. The Morgan fingerprint density at radius 1 is 1.20 bits per heavy atom. The second kappa shape index (κ2) is 11.4. The lowest BCUT2D eigenvalue weighted by Gasteiger charge is -2.36. The monoisotopic (exact) mass is 557 g/mol. The smallest absolute Gasteiger partial charge is 0.276 e. The van der Waals surface area contributed by atoms with Gasteiger partial charge in [-0.25, -0.2) is 4.68 Å². The Bertz CT molecular complexity index is 1160. The summed E-state index contributed by atoms with van der Waals surface area (Å²) in [6.45, 7) is -0.0325. The number of nitrogens with one attached hydrogen (secondary N) is 1. The summed E-state index contributed by atoms with van der Waals surface area (Å²) in [5.41, 5.74) is 2.92. The zero-order valence-corrected chi connectivity index (χ0v) is 21.6. The van der Waals surface area contributed by atoms with Crippen LogP contribution >= 0.6 is 46.6 Å². The fraction of sp³-hybridized carbons (Fsp3) is 0.364. The third-order valence-electron chi connectivity index (χ3n) is 5.27. The lowest BCUT2D eigenvalue weighted by atomic mass is 10.0. The number of amides is 1. The number of rotatable bonds is 7. The van der Waals surface area contributed by atoms with Crippen LogP contribution in [0.4, 0.5) is 5.69 Å². The van der Waals surface area contributed by atoms with Gasteiger partial charge >= 0.3 is 0 Å². The number of tetrazole rings is 1. The van der Waals surface area contributed by atoms with E-state index in [4.69, 9.17) is 44.3 Å². The van der Waals surface area contributed by atoms with Crippen molar-refractivity contribution in [2.45, 2.75) is 40.5 Å². The van der Waals surface area contributed by atoms with Gasteiger partial charge in [0.2, 0.25) is 5.16 Å². The van der Waals surface area contributed by atoms with E-state index in [1.165, 1.54) is 11.8 Å².